The summed E-state index contributed by atoms with van der Waals surface area (Å²) in [4.78, 5) is 25.6. The maximum Gasteiger partial charge on any atom is 0.419 e. The summed E-state index contributed by atoms with van der Waals surface area (Å²) < 4.78 is 111. The fraction of sp³-hybridized carbons (Fsp3) is 0.400. The first-order chi connectivity index (χ1) is 20.5. The molecule has 2 aromatic rings. The number of carbonyl (C=O) groups excluding carboxylic acids is 2. The molecule has 0 heterocycles. The molecule has 1 amide bonds. The molecule has 0 radical (unpaired) electrons. The van der Waals surface area contributed by atoms with Gasteiger partial charge < -0.3 is 14.8 Å². The Bertz CT molecular complexity index is 1480. The van der Waals surface area contributed by atoms with Gasteiger partial charge in [0, 0.05) is 23.6 Å². The number of unbranched alkanes of at least 4 members (excludes halogenated alkanes) is 1. The topological polar surface area (TPSA) is 108 Å². The first kappa shape index (κ1) is 36.4. The van der Waals surface area contributed by atoms with E-state index in [4.69, 9.17) is 13.7 Å². The Morgan fingerprint density at radius 1 is 1.09 bits per heavy atom. The number of hydrogen-bond acceptors (Lipinski definition) is 7. The number of rotatable bonds is 16. The van der Waals surface area contributed by atoms with Crippen molar-refractivity contribution >= 4 is 22.0 Å². The molecule has 0 aliphatic carbocycles. The van der Waals surface area contributed by atoms with Crippen molar-refractivity contribution in [2.75, 3.05) is 19.5 Å². The van der Waals surface area contributed by atoms with Crippen molar-refractivity contribution in [3.05, 3.63) is 77.9 Å². The monoisotopic (exact) mass is 647 g/mol. The van der Waals surface area contributed by atoms with Gasteiger partial charge in [0.1, 0.15) is 17.4 Å². The van der Waals surface area contributed by atoms with Crippen molar-refractivity contribution in [1.29, 1.82) is 0 Å². The van der Waals surface area contributed by atoms with Crippen LogP contribution in [0.2, 0.25) is 0 Å². The van der Waals surface area contributed by atoms with Crippen molar-refractivity contribution in [3.8, 4) is 16.9 Å². The van der Waals surface area contributed by atoms with E-state index in [1.165, 1.54) is 13.8 Å². The lowest BCUT2D eigenvalue weighted by atomic mass is 9.91. The molecule has 0 saturated heterocycles. The van der Waals surface area contributed by atoms with Crippen LogP contribution in [0.25, 0.3) is 11.1 Å². The van der Waals surface area contributed by atoms with E-state index >= 15 is 4.39 Å². The van der Waals surface area contributed by atoms with Crippen LogP contribution < -0.4 is 10.1 Å². The summed E-state index contributed by atoms with van der Waals surface area (Å²) in [5.41, 5.74) is -2.57. The van der Waals surface area contributed by atoms with E-state index in [2.05, 4.69) is 18.5 Å². The number of carbonyl (C=O) groups is 2. The second-order valence-corrected chi connectivity index (χ2v) is 11.3. The molecule has 1 N–H and O–H groups in total. The van der Waals surface area contributed by atoms with E-state index in [9.17, 15) is 35.6 Å². The summed E-state index contributed by atoms with van der Waals surface area (Å²) in [6, 6.07) is 1.75. The maximum atomic E-state index is 15.7. The number of allylic oxidation sites excluding steroid dienone is 1. The van der Waals surface area contributed by atoms with Crippen molar-refractivity contribution in [2.45, 2.75) is 57.9 Å². The minimum atomic E-state index is -5.24. The lowest BCUT2D eigenvalue weighted by molar-refractivity contribution is -0.144. The highest BCUT2D eigenvalue weighted by Gasteiger charge is 2.38. The number of hydrogen-bond donors (Lipinski definition) is 1. The van der Waals surface area contributed by atoms with Gasteiger partial charge in [-0.3, -0.25) is 13.8 Å². The molecule has 0 saturated carbocycles. The third-order valence-electron chi connectivity index (χ3n) is 6.10. The van der Waals surface area contributed by atoms with Crippen LogP contribution in [-0.4, -0.2) is 45.9 Å². The number of amides is 1. The number of aryl methyl sites for hydroxylation is 1. The molecule has 2 aromatic carbocycles. The molecule has 44 heavy (non-hydrogen) atoms. The molecule has 242 valence electrons. The van der Waals surface area contributed by atoms with Crippen LogP contribution in [-0.2, 0) is 34.8 Å². The van der Waals surface area contributed by atoms with Gasteiger partial charge in [-0.1, -0.05) is 12.2 Å². The lowest BCUT2D eigenvalue weighted by Gasteiger charge is -2.25. The van der Waals surface area contributed by atoms with E-state index in [0.717, 1.165) is 24.3 Å². The molecule has 0 unspecified atom stereocenters. The Morgan fingerprint density at radius 3 is 2.34 bits per heavy atom. The standard InChI is InChI=1S/C30H34F5NO7S/c1-6-9-10-12-42-25-16-20(31)13-18(4)27(25)19-14-21(28(32)22(15-19)30(33,34)35)23(17-26(37)41-8-3)36-29(38)24(11-7-2)43-44(5,39)40/h6-7,13-16,23-24H,1-2,8-12,17H2,3-5H3,(H,36,38)/t23-,24+/m0/s1. The van der Waals surface area contributed by atoms with Gasteiger partial charge in [0.25, 0.3) is 16.0 Å². The minimum absolute atomic E-state index is 0.0166. The molecule has 8 nitrogen and oxygen atoms in total. The van der Waals surface area contributed by atoms with E-state index in [-0.39, 0.29) is 42.1 Å². The van der Waals surface area contributed by atoms with Crippen LogP contribution >= 0.6 is 0 Å². The number of ether oxygens (including phenoxy) is 2. The Morgan fingerprint density at radius 2 is 1.77 bits per heavy atom. The quantitative estimate of drug-likeness (QED) is 0.0746. The van der Waals surface area contributed by atoms with Gasteiger partial charge >= 0.3 is 12.1 Å². The average molecular weight is 648 g/mol. The summed E-state index contributed by atoms with van der Waals surface area (Å²) in [6.45, 7) is 9.83. The average Bonchev–Trinajstić information content (AvgIpc) is 2.89. The van der Waals surface area contributed by atoms with Gasteiger partial charge in [0.2, 0.25) is 0 Å². The molecule has 2 atom stereocenters. The zero-order valence-corrected chi connectivity index (χ0v) is 25.2. The third kappa shape index (κ3) is 10.4. The first-order valence-corrected chi connectivity index (χ1v) is 15.2. The minimum Gasteiger partial charge on any atom is -0.493 e. The molecule has 0 spiro atoms. The highest BCUT2D eigenvalue weighted by Crippen LogP contribution is 2.42. The largest absolute Gasteiger partial charge is 0.493 e. The van der Waals surface area contributed by atoms with E-state index in [0.29, 0.717) is 25.2 Å². The fourth-order valence-electron chi connectivity index (χ4n) is 4.30. The smallest absolute Gasteiger partial charge is 0.419 e. The van der Waals surface area contributed by atoms with Crippen molar-refractivity contribution in [2.24, 2.45) is 0 Å². The van der Waals surface area contributed by atoms with Gasteiger partial charge in [-0.05, 0) is 56.0 Å². The summed E-state index contributed by atoms with van der Waals surface area (Å²) in [6.07, 6.45) is -3.66. The summed E-state index contributed by atoms with van der Waals surface area (Å²) >= 11 is 0. The van der Waals surface area contributed by atoms with E-state index < -0.39 is 69.5 Å². The van der Waals surface area contributed by atoms with Crippen molar-refractivity contribution < 1.29 is 53.6 Å². The molecule has 14 heteroatoms. The number of benzene rings is 2. The maximum absolute atomic E-state index is 15.7. The van der Waals surface area contributed by atoms with Crippen LogP contribution in [0.15, 0.2) is 49.6 Å². The number of esters is 1. The van der Waals surface area contributed by atoms with Crippen molar-refractivity contribution in [3.63, 3.8) is 0 Å². The van der Waals surface area contributed by atoms with Gasteiger partial charge in [0.05, 0.1) is 37.5 Å². The van der Waals surface area contributed by atoms with Gasteiger partial charge in [-0.25, -0.2) is 8.78 Å². The number of alkyl halides is 3. The number of nitrogens with one attached hydrogen (secondary N) is 1. The molecule has 0 aromatic heterocycles. The van der Waals surface area contributed by atoms with E-state index in [1.54, 1.807) is 6.08 Å². The Labute approximate surface area is 253 Å². The van der Waals surface area contributed by atoms with Crippen LogP contribution in [0.5, 0.6) is 5.75 Å². The summed E-state index contributed by atoms with van der Waals surface area (Å²) in [5.74, 6) is -4.81. The highest BCUT2D eigenvalue weighted by molar-refractivity contribution is 7.86. The van der Waals surface area contributed by atoms with Crippen LogP contribution in [0.1, 0.15) is 55.3 Å². The molecule has 0 fully saturated rings. The second-order valence-electron chi connectivity index (χ2n) is 9.68. The summed E-state index contributed by atoms with van der Waals surface area (Å²) in [5, 5.41) is 2.23. The normalized spacial score (nSPS) is 13.1. The van der Waals surface area contributed by atoms with Crippen LogP contribution in [0.4, 0.5) is 22.0 Å². The molecule has 0 bridgehead atoms. The fourth-order valence-corrected chi connectivity index (χ4v) is 4.89. The summed E-state index contributed by atoms with van der Waals surface area (Å²) in [7, 11) is -4.20. The van der Waals surface area contributed by atoms with Gasteiger partial charge in [-0.15, -0.1) is 13.2 Å². The second kappa shape index (κ2) is 15.8. The van der Waals surface area contributed by atoms with Crippen LogP contribution in [0, 0.1) is 18.6 Å². The van der Waals surface area contributed by atoms with Crippen LogP contribution in [0.3, 0.4) is 0 Å². The van der Waals surface area contributed by atoms with Gasteiger partial charge in [0.15, 0.2) is 6.10 Å². The molecule has 2 rings (SSSR count). The van der Waals surface area contributed by atoms with E-state index in [1.807, 2.05) is 0 Å². The molecular formula is C30H34F5NO7S. The van der Waals surface area contributed by atoms with Crippen molar-refractivity contribution in [1.82, 2.24) is 5.32 Å². The Hall–Kier alpha value is -3.78. The highest BCUT2D eigenvalue weighted by atomic mass is 32.2. The first-order valence-electron chi connectivity index (χ1n) is 13.4. The molecule has 0 aliphatic rings. The number of halogens is 5. The molecular weight excluding hydrogens is 613 g/mol. The third-order valence-corrected chi connectivity index (χ3v) is 6.68. The lowest BCUT2D eigenvalue weighted by Crippen LogP contribution is -2.40. The predicted molar refractivity (Wildman–Crippen MR) is 153 cm³/mol. The Balaban J connectivity index is 2.80. The van der Waals surface area contributed by atoms with Gasteiger partial charge in [-0.2, -0.15) is 21.6 Å². The zero-order valence-electron chi connectivity index (χ0n) is 24.4. The Kier molecular flexibility index (Phi) is 13.1. The zero-order chi connectivity index (χ0) is 33.2. The molecule has 0 aliphatic heterocycles. The SMILES string of the molecule is C=CCCCOc1cc(F)cc(C)c1-c1cc([C@H](CC(=O)OCC)NC(=O)[C@@H](CC=C)OS(C)(=O)=O)c(F)c(C(F)(F)F)c1. The predicted octanol–water partition coefficient (Wildman–Crippen LogP) is 6.34.